The molecule has 41 heteroatoms. The van der Waals surface area contributed by atoms with Gasteiger partial charge in [0, 0.05) is 109 Å². The molecule has 0 amide bonds. The van der Waals surface area contributed by atoms with Crippen LogP contribution in [0.15, 0.2) is 248 Å². The van der Waals surface area contributed by atoms with Crippen molar-refractivity contribution in [3.8, 4) is 91.1 Å². The Kier molecular flexibility index (Phi) is 14.1. The number of hydrogen-bond acceptors (Lipinski definition) is 30. The number of nitrogens with zero attached hydrogens (tertiary/aromatic N) is 40. The largest absolute Gasteiger partial charge is 2.00 e. The summed E-state index contributed by atoms with van der Waals surface area (Å²) in [7, 11) is 0. The number of aromatic nitrogens is 40. The number of hydrogen-bond donors (Lipinski definition) is 0. The van der Waals surface area contributed by atoms with Gasteiger partial charge in [-0.15, -0.1) is 0 Å². The van der Waals surface area contributed by atoms with Gasteiger partial charge < -0.3 is 29.9 Å². The second-order valence-electron chi connectivity index (χ2n) is 30.2. The summed E-state index contributed by atoms with van der Waals surface area (Å²) >= 11 is 0. The molecule has 0 fully saturated rings. The molecule has 21 heterocycles. The molecule has 29 rings (SSSR count). The Bertz CT molecular complexity index is 8730. The molecule has 0 unspecified atom stereocenters. The first kappa shape index (κ1) is 69.8. The van der Waals surface area contributed by atoms with E-state index >= 15 is 0 Å². The summed E-state index contributed by atoms with van der Waals surface area (Å²) in [5, 5.41) is 7.21. The fraction of sp³-hybridized carbons (Fsp3) is 0. The molecule has 8 bridgehead atoms. The van der Waals surface area contributed by atoms with Crippen LogP contribution in [0.5, 0.6) is 0 Å². The van der Waals surface area contributed by atoms with Crippen molar-refractivity contribution in [2.45, 2.75) is 0 Å². The fourth-order valence-electron chi connectivity index (χ4n) is 18.7. The van der Waals surface area contributed by atoms with Gasteiger partial charge in [0.2, 0.25) is 0 Å². The second-order valence-corrected chi connectivity index (χ2v) is 30.2. The average Bonchev–Trinajstić information content (AvgIpc) is 1.55. The third-order valence-electron chi connectivity index (χ3n) is 23.8. The van der Waals surface area contributed by atoms with Crippen LogP contribution in [0.2, 0.25) is 0 Å². The van der Waals surface area contributed by atoms with Crippen molar-refractivity contribution in [1.29, 1.82) is 0 Å². The first-order valence-corrected chi connectivity index (χ1v) is 39.7. The summed E-state index contributed by atoms with van der Waals surface area (Å²) in [6, 6.07) is 32.0. The van der Waals surface area contributed by atoms with Crippen molar-refractivity contribution < 1.29 is 19.5 Å². The minimum absolute atomic E-state index is 0. The zero-order valence-electron chi connectivity index (χ0n) is 65.7. The maximum Gasteiger partial charge on any atom is 2.00 e. The van der Waals surface area contributed by atoms with Gasteiger partial charge in [-0.25, -0.2) is 130 Å². The molecule has 19 aromatic heterocycles. The Labute approximate surface area is 726 Å². The van der Waals surface area contributed by atoms with Crippen LogP contribution in [0.4, 0.5) is 0 Å². The molecule has 8 aromatic carbocycles. The van der Waals surface area contributed by atoms with Crippen molar-refractivity contribution in [3.63, 3.8) is 0 Å². The van der Waals surface area contributed by atoms with E-state index in [1.54, 1.807) is 100 Å². The Morgan fingerprint density at radius 2 is 0.349 bits per heavy atom. The van der Waals surface area contributed by atoms with E-state index in [0.29, 0.717) is 222 Å². The van der Waals surface area contributed by atoms with Crippen LogP contribution in [-0.2, 0) is 19.5 Å². The molecule has 594 valence electrons. The van der Waals surface area contributed by atoms with E-state index in [1.165, 1.54) is 50.6 Å². The summed E-state index contributed by atoms with van der Waals surface area (Å²) in [6.07, 6.45) is 39.0. The molecule has 0 atom stereocenters. The van der Waals surface area contributed by atoms with E-state index in [9.17, 15) is 0 Å². The third kappa shape index (κ3) is 9.62. The first-order valence-electron chi connectivity index (χ1n) is 39.7. The number of benzene rings is 8. The van der Waals surface area contributed by atoms with E-state index in [2.05, 4.69) is 39.9 Å². The minimum atomic E-state index is 0. The molecule has 0 spiro atoms. The van der Waals surface area contributed by atoms with Gasteiger partial charge in [-0.1, -0.05) is 97.1 Å². The predicted molar refractivity (Wildman–Crippen MR) is 466 cm³/mol. The monoisotopic (exact) mass is 1720 g/mol. The van der Waals surface area contributed by atoms with Crippen molar-refractivity contribution in [1.82, 2.24) is 196 Å². The number of imidazole rings is 8. The maximum absolute atomic E-state index is 6.12. The van der Waals surface area contributed by atoms with Crippen LogP contribution in [0, 0.1) is 0 Å². The van der Waals surface area contributed by atoms with Gasteiger partial charge in [0.05, 0.1) is 118 Å². The summed E-state index contributed by atoms with van der Waals surface area (Å²) in [5.74, 6) is 0.352. The molecule has 0 saturated heterocycles. The van der Waals surface area contributed by atoms with Crippen LogP contribution < -0.4 is 9.97 Å². The molecular formula is C88H40N40Zn. The SMILES string of the molecule is [Zn+2].c1ccc2c(-n3cnc4cncnc43)c3c(c(-n4cnc5cncnc54)c2c1)-c1nc-3nc2[n-]c(nc3nc(nc4[n-]c(n1)c1c(-n5cnc6cncnc65)c5ccccc5c(-n5cnc6cncnc65)c41)-c1c-3c(-n3cnc4cncnc43)c3ccccc3c1-n1cnc3cncnc31)c1c(-n3cnc4cncnc43)c3ccccc3c(-n3cnc4cncnc43)c21. The molecule has 0 N–H and O–H groups in total. The summed E-state index contributed by atoms with van der Waals surface area (Å²) in [4.78, 5) is 164. The van der Waals surface area contributed by atoms with Crippen LogP contribution in [-0.4, -0.2) is 186 Å². The van der Waals surface area contributed by atoms with Crippen LogP contribution in [0.25, 0.3) is 268 Å². The molecule has 2 aliphatic heterocycles. The van der Waals surface area contributed by atoms with Gasteiger partial charge in [0.25, 0.3) is 0 Å². The minimum Gasteiger partial charge on any atom is -0.357 e. The van der Waals surface area contributed by atoms with Crippen LogP contribution in [0.3, 0.4) is 0 Å². The average molecular weight is 1720 g/mol. The number of fused-ring (bicyclic) bond motifs is 32. The van der Waals surface area contributed by atoms with Crippen molar-refractivity contribution in [2.75, 3.05) is 0 Å². The topological polar surface area (TPSA) is 454 Å². The van der Waals surface area contributed by atoms with Crippen LogP contribution >= 0.6 is 0 Å². The molecular weight excluding hydrogens is 1680 g/mol. The van der Waals surface area contributed by atoms with Gasteiger partial charge in [-0.05, 0) is 0 Å². The molecule has 0 aliphatic carbocycles. The van der Waals surface area contributed by atoms with Crippen molar-refractivity contribution in [3.05, 3.63) is 248 Å². The standard InChI is InChI=1S/C88H40N40.Zn/c1-2-10-42-41(9-1)65(121-33-105-49-17-89-25-97-81(49)121)57-58(66(42)122-34-106-50-18-90-26-98-82(50)122)74-113-73(57)117-75-59-60(68(124-36-108-52-20-92-28-100-84(52)124)44-12-4-3-11-43(44)67(59)123-35-107-51-19-91-27-99-83(51)123)77(114-75)119-79-63-64(72(128-40-112-56-24-96-32-104-88(56)128)48-16-8-7-15-47(48)71(63)127-39-111-55-23-95-31-103-87(55)127)80(116-79)120-78-62-61(76(115-78)118-74)69(125-37-109-53-21-93-29-101-85(53)125)45-13-5-6-14-46(45)70(62)126-38-110-54-22-94-30-102-86(54)126;/h1-40H;/q-2;+2. The Morgan fingerprint density at radius 3 is 0.527 bits per heavy atom. The van der Waals surface area contributed by atoms with Gasteiger partial charge >= 0.3 is 19.5 Å². The molecule has 27 aromatic rings. The zero-order valence-corrected chi connectivity index (χ0v) is 68.7. The van der Waals surface area contributed by atoms with Crippen LogP contribution in [0.1, 0.15) is 0 Å². The quantitative estimate of drug-likeness (QED) is 0.127. The van der Waals surface area contributed by atoms with E-state index in [4.69, 9.17) is 120 Å². The molecule has 129 heavy (non-hydrogen) atoms. The summed E-state index contributed by atoms with van der Waals surface area (Å²) < 4.78 is 15.4. The second kappa shape index (κ2) is 26.1. The normalized spacial score (nSPS) is 12.3. The van der Waals surface area contributed by atoms with E-state index in [0.717, 1.165) is 0 Å². The van der Waals surface area contributed by atoms with Gasteiger partial charge in [0.1, 0.15) is 145 Å². The summed E-state index contributed by atoms with van der Waals surface area (Å²) in [6.45, 7) is 0. The predicted octanol–water partition coefficient (Wildman–Crippen LogP) is 11.8. The maximum atomic E-state index is 6.12. The Morgan fingerprint density at radius 1 is 0.186 bits per heavy atom. The van der Waals surface area contributed by atoms with E-state index in [1.807, 2.05) is 134 Å². The Hall–Kier alpha value is -18.8. The van der Waals surface area contributed by atoms with Crippen molar-refractivity contribution >= 4 is 177 Å². The van der Waals surface area contributed by atoms with Gasteiger partial charge in [0.15, 0.2) is 45.2 Å². The van der Waals surface area contributed by atoms with Gasteiger partial charge in [-0.3, -0.25) is 36.5 Å². The van der Waals surface area contributed by atoms with E-state index in [-0.39, 0.29) is 65.4 Å². The zero-order chi connectivity index (χ0) is 83.2. The summed E-state index contributed by atoms with van der Waals surface area (Å²) in [5.41, 5.74) is 13.8. The fourth-order valence-corrected chi connectivity index (χ4v) is 18.7. The molecule has 40 nitrogen and oxygen atoms in total. The first-order chi connectivity index (χ1) is 63.5. The molecule has 0 saturated carbocycles. The Balaban J connectivity index is 0.00000839. The molecule has 0 radical (unpaired) electrons. The van der Waals surface area contributed by atoms with Crippen molar-refractivity contribution in [2.24, 2.45) is 0 Å². The van der Waals surface area contributed by atoms with Gasteiger partial charge in [-0.2, -0.15) is 0 Å². The van der Waals surface area contributed by atoms with E-state index < -0.39 is 0 Å². The smallest absolute Gasteiger partial charge is 0.357 e. The molecule has 2 aliphatic rings. The number of rotatable bonds is 8. The third-order valence-corrected chi connectivity index (χ3v) is 23.8.